The Bertz CT molecular complexity index is 370. The van der Waals surface area contributed by atoms with Crippen molar-refractivity contribution in [1.82, 2.24) is 15.1 Å². The van der Waals surface area contributed by atoms with Crippen LogP contribution < -0.4 is 5.32 Å². The van der Waals surface area contributed by atoms with Crippen molar-refractivity contribution in [2.45, 2.75) is 26.4 Å². The Labute approximate surface area is 81.7 Å². The van der Waals surface area contributed by atoms with E-state index in [9.17, 15) is 4.79 Å². The summed E-state index contributed by atoms with van der Waals surface area (Å²) in [4.78, 5) is 10.6. The SMILES string of the molecule is Cc1nn(CC(=O)O)c2c1CNCC2. The average Bonchev–Trinajstić information content (AvgIpc) is 2.44. The van der Waals surface area contributed by atoms with Gasteiger partial charge in [-0.2, -0.15) is 5.10 Å². The third-order valence-electron chi connectivity index (χ3n) is 2.49. The van der Waals surface area contributed by atoms with E-state index in [1.165, 1.54) is 0 Å². The Morgan fingerprint density at radius 2 is 2.50 bits per heavy atom. The van der Waals surface area contributed by atoms with E-state index in [1.807, 2.05) is 6.92 Å². The third-order valence-corrected chi connectivity index (χ3v) is 2.49. The minimum Gasteiger partial charge on any atom is -0.480 e. The van der Waals surface area contributed by atoms with Gasteiger partial charge in [-0.25, -0.2) is 0 Å². The molecule has 0 fully saturated rings. The van der Waals surface area contributed by atoms with Gasteiger partial charge in [0.05, 0.1) is 5.69 Å². The fourth-order valence-corrected chi connectivity index (χ4v) is 1.86. The number of carboxylic acids is 1. The van der Waals surface area contributed by atoms with Gasteiger partial charge in [-0.05, 0) is 6.92 Å². The second-order valence-electron chi connectivity index (χ2n) is 3.49. The van der Waals surface area contributed by atoms with Gasteiger partial charge in [-0.1, -0.05) is 0 Å². The standard InChI is InChI=1S/C9H13N3O2/c1-6-7-4-10-3-2-8(7)12(11-6)5-9(13)14/h10H,2-5H2,1H3,(H,13,14). The third kappa shape index (κ3) is 1.50. The first kappa shape index (κ1) is 9.21. The lowest BCUT2D eigenvalue weighted by Crippen LogP contribution is -2.25. The zero-order chi connectivity index (χ0) is 10.1. The summed E-state index contributed by atoms with van der Waals surface area (Å²) in [6, 6.07) is 0. The number of nitrogens with zero attached hydrogens (tertiary/aromatic N) is 2. The molecule has 0 unspecified atom stereocenters. The molecule has 1 aliphatic heterocycles. The van der Waals surface area contributed by atoms with E-state index in [4.69, 9.17) is 5.11 Å². The highest BCUT2D eigenvalue weighted by Gasteiger charge is 2.18. The first-order valence-electron chi connectivity index (χ1n) is 4.66. The number of hydrogen-bond acceptors (Lipinski definition) is 3. The summed E-state index contributed by atoms with van der Waals surface area (Å²) < 4.78 is 1.60. The number of hydrogen-bond donors (Lipinski definition) is 2. The summed E-state index contributed by atoms with van der Waals surface area (Å²) in [6.45, 7) is 3.60. The van der Waals surface area contributed by atoms with Crippen LogP contribution in [0.2, 0.25) is 0 Å². The van der Waals surface area contributed by atoms with Crippen LogP contribution in [0.3, 0.4) is 0 Å². The van der Waals surface area contributed by atoms with Crippen LogP contribution >= 0.6 is 0 Å². The summed E-state index contributed by atoms with van der Waals surface area (Å²) >= 11 is 0. The van der Waals surface area contributed by atoms with E-state index in [1.54, 1.807) is 4.68 Å². The summed E-state index contributed by atoms with van der Waals surface area (Å²) in [7, 11) is 0. The number of carboxylic acid groups (broad SMARTS) is 1. The van der Waals surface area contributed by atoms with Crippen LogP contribution in [-0.4, -0.2) is 27.4 Å². The van der Waals surface area contributed by atoms with Crippen LogP contribution in [0.25, 0.3) is 0 Å². The van der Waals surface area contributed by atoms with Crippen molar-refractivity contribution in [1.29, 1.82) is 0 Å². The molecule has 0 spiro atoms. The molecule has 5 heteroatoms. The highest BCUT2D eigenvalue weighted by molar-refractivity contribution is 5.66. The topological polar surface area (TPSA) is 67.2 Å². The van der Waals surface area contributed by atoms with Gasteiger partial charge in [0.2, 0.25) is 0 Å². The maximum absolute atomic E-state index is 10.6. The number of rotatable bonds is 2. The monoisotopic (exact) mass is 195 g/mol. The number of aryl methyl sites for hydroxylation is 1. The molecular weight excluding hydrogens is 182 g/mol. The van der Waals surface area contributed by atoms with Crippen LogP contribution in [0.4, 0.5) is 0 Å². The fraction of sp³-hybridized carbons (Fsp3) is 0.556. The van der Waals surface area contributed by atoms with E-state index in [0.717, 1.165) is 36.5 Å². The molecule has 0 aliphatic carbocycles. The predicted octanol–water partition coefficient (Wildman–Crippen LogP) is -0.0782. The van der Waals surface area contributed by atoms with E-state index in [2.05, 4.69) is 10.4 Å². The van der Waals surface area contributed by atoms with Crippen LogP contribution in [0.1, 0.15) is 17.0 Å². The van der Waals surface area contributed by atoms with Crippen molar-refractivity contribution in [3.8, 4) is 0 Å². The first-order valence-corrected chi connectivity index (χ1v) is 4.66. The quantitative estimate of drug-likeness (QED) is 0.692. The van der Waals surface area contributed by atoms with Crippen LogP contribution in [0, 0.1) is 6.92 Å². The van der Waals surface area contributed by atoms with Crippen LogP contribution in [0.5, 0.6) is 0 Å². The van der Waals surface area contributed by atoms with Crippen molar-refractivity contribution < 1.29 is 9.90 Å². The number of fused-ring (bicyclic) bond motifs is 1. The molecule has 14 heavy (non-hydrogen) atoms. The van der Waals surface area contributed by atoms with Crippen molar-refractivity contribution in [2.75, 3.05) is 6.54 Å². The second kappa shape index (κ2) is 3.42. The number of nitrogens with one attached hydrogen (secondary N) is 1. The van der Waals surface area contributed by atoms with Gasteiger partial charge in [0, 0.05) is 30.8 Å². The minimum absolute atomic E-state index is 0.0316. The average molecular weight is 195 g/mol. The molecule has 0 radical (unpaired) electrons. The smallest absolute Gasteiger partial charge is 0.325 e. The maximum atomic E-state index is 10.6. The molecule has 76 valence electrons. The number of aliphatic carboxylic acids is 1. The van der Waals surface area contributed by atoms with Gasteiger partial charge in [0.25, 0.3) is 0 Å². The predicted molar refractivity (Wildman–Crippen MR) is 50.0 cm³/mol. The Kier molecular flexibility index (Phi) is 2.25. The van der Waals surface area contributed by atoms with Gasteiger partial charge < -0.3 is 10.4 Å². The maximum Gasteiger partial charge on any atom is 0.325 e. The van der Waals surface area contributed by atoms with Gasteiger partial charge in [-0.3, -0.25) is 9.48 Å². The molecule has 1 aromatic rings. The largest absolute Gasteiger partial charge is 0.480 e. The van der Waals surface area contributed by atoms with Crippen molar-refractivity contribution in [3.05, 3.63) is 17.0 Å². The lowest BCUT2D eigenvalue weighted by Gasteiger charge is -2.14. The van der Waals surface area contributed by atoms with E-state index in [0.29, 0.717) is 0 Å². The molecule has 0 saturated heterocycles. The van der Waals surface area contributed by atoms with Crippen molar-refractivity contribution in [3.63, 3.8) is 0 Å². The summed E-state index contributed by atoms with van der Waals surface area (Å²) in [6.07, 6.45) is 0.865. The Balaban J connectivity index is 2.36. The Hall–Kier alpha value is -1.36. The summed E-state index contributed by atoms with van der Waals surface area (Å²) in [5.41, 5.74) is 3.18. The summed E-state index contributed by atoms with van der Waals surface area (Å²) in [5, 5.41) is 16.2. The summed E-state index contributed by atoms with van der Waals surface area (Å²) in [5.74, 6) is -0.839. The van der Waals surface area contributed by atoms with Gasteiger partial charge in [-0.15, -0.1) is 0 Å². The number of aromatic nitrogens is 2. The number of carbonyl (C=O) groups is 1. The van der Waals surface area contributed by atoms with E-state index < -0.39 is 5.97 Å². The highest BCUT2D eigenvalue weighted by atomic mass is 16.4. The molecule has 0 amide bonds. The van der Waals surface area contributed by atoms with E-state index >= 15 is 0 Å². The van der Waals surface area contributed by atoms with Gasteiger partial charge in [0.15, 0.2) is 0 Å². The molecule has 1 aromatic heterocycles. The van der Waals surface area contributed by atoms with Crippen molar-refractivity contribution in [2.24, 2.45) is 0 Å². The molecule has 2 heterocycles. The molecule has 0 atom stereocenters. The second-order valence-corrected chi connectivity index (χ2v) is 3.49. The molecule has 2 N–H and O–H groups in total. The normalized spacial score (nSPS) is 15.2. The van der Waals surface area contributed by atoms with Gasteiger partial charge in [0.1, 0.15) is 6.54 Å². The molecule has 1 aliphatic rings. The zero-order valence-corrected chi connectivity index (χ0v) is 8.08. The van der Waals surface area contributed by atoms with Crippen LogP contribution in [-0.2, 0) is 24.3 Å². The lowest BCUT2D eigenvalue weighted by molar-refractivity contribution is -0.137. The first-order chi connectivity index (χ1) is 6.68. The zero-order valence-electron chi connectivity index (χ0n) is 8.08. The Morgan fingerprint density at radius 1 is 1.71 bits per heavy atom. The molecule has 0 aromatic carbocycles. The molecule has 0 bridgehead atoms. The lowest BCUT2D eigenvalue weighted by atomic mass is 10.1. The molecule has 0 saturated carbocycles. The van der Waals surface area contributed by atoms with E-state index in [-0.39, 0.29) is 6.54 Å². The molecular formula is C9H13N3O2. The fourth-order valence-electron chi connectivity index (χ4n) is 1.86. The van der Waals surface area contributed by atoms with Gasteiger partial charge >= 0.3 is 5.97 Å². The Morgan fingerprint density at radius 3 is 3.21 bits per heavy atom. The highest BCUT2D eigenvalue weighted by Crippen LogP contribution is 2.17. The molecule has 5 nitrogen and oxygen atoms in total. The minimum atomic E-state index is -0.839. The van der Waals surface area contributed by atoms with Crippen LogP contribution in [0.15, 0.2) is 0 Å². The molecule has 2 rings (SSSR count). The van der Waals surface area contributed by atoms with Crippen molar-refractivity contribution >= 4 is 5.97 Å².